The van der Waals surface area contributed by atoms with Gasteiger partial charge in [-0.05, 0) is 13.0 Å². The monoisotopic (exact) mass is 188 g/mol. The highest BCUT2D eigenvalue weighted by Gasteiger charge is 1.95. The summed E-state index contributed by atoms with van der Waals surface area (Å²) in [5, 5.41) is 0. The summed E-state index contributed by atoms with van der Waals surface area (Å²) in [5.74, 6) is 0.418. The number of aliphatic imine (C=N–C) groups is 1. The van der Waals surface area contributed by atoms with Crippen LogP contribution in [0.4, 0.5) is 0 Å². The molecule has 0 unspecified atom stereocenters. The van der Waals surface area contributed by atoms with Crippen LogP contribution in [0.2, 0.25) is 0 Å². The predicted molar refractivity (Wildman–Crippen MR) is 57.0 cm³/mol. The van der Waals surface area contributed by atoms with Crippen LogP contribution in [0, 0.1) is 0 Å². The van der Waals surface area contributed by atoms with E-state index in [1.165, 1.54) is 6.08 Å². The van der Waals surface area contributed by atoms with Crippen molar-refractivity contribution in [2.45, 2.75) is 6.92 Å². The van der Waals surface area contributed by atoms with Crippen molar-refractivity contribution in [2.24, 2.45) is 10.7 Å². The van der Waals surface area contributed by atoms with Crippen LogP contribution in [-0.4, -0.2) is 12.1 Å². The Hall–Kier alpha value is -1.90. The smallest absolute Gasteiger partial charge is 0.144 e. The zero-order valence-corrected chi connectivity index (χ0v) is 7.97. The molecule has 3 heteroatoms. The highest BCUT2D eigenvalue weighted by Crippen LogP contribution is 2.01. The maximum atomic E-state index is 10.1. The molecule has 72 valence electrons. The van der Waals surface area contributed by atoms with Gasteiger partial charge in [0, 0.05) is 11.3 Å². The second kappa shape index (κ2) is 4.97. The quantitative estimate of drug-likeness (QED) is 0.338. The third-order valence-electron chi connectivity index (χ3n) is 1.68. The van der Waals surface area contributed by atoms with Crippen LogP contribution in [0.25, 0.3) is 0 Å². The fourth-order valence-electron chi connectivity index (χ4n) is 0.999. The zero-order chi connectivity index (χ0) is 10.4. The number of aldehydes is 1. The summed E-state index contributed by atoms with van der Waals surface area (Å²) in [7, 11) is 0. The molecule has 0 aliphatic heterocycles. The van der Waals surface area contributed by atoms with Crippen LogP contribution >= 0.6 is 0 Å². The van der Waals surface area contributed by atoms with Gasteiger partial charge in [-0.1, -0.05) is 30.3 Å². The molecule has 0 heterocycles. The van der Waals surface area contributed by atoms with Crippen LogP contribution in [0.15, 0.2) is 47.1 Å². The molecule has 1 aromatic carbocycles. The van der Waals surface area contributed by atoms with Crippen LogP contribution in [0.5, 0.6) is 0 Å². The van der Waals surface area contributed by atoms with Gasteiger partial charge in [-0.15, -0.1) is 0 Å². The van der Waals surface area contributed by atoms with E-state index in [4.69, 9.17) is 5.73 Å². The standard InChI is InChI=1S/C11H12N2O/c1-9(7-8-14)13-11(12)10-5-3-2-4-6-10/h2-8H,1H3,(H2,12,13)/b9-7+. The first-order chi connectivity index (χ1) is 6.74. The number of carbonyl (C=O) groups is 1. The van der Waals surface area contributed by atoms with E-state index in [1.54, 1.807) is 6.92 Å². The number of carbonyl (C=O) groups excluding carboxylic acids is 1. The molecule has 0 aliphatic rings. The van der Waals surface area contributed by atoms with Crippen molar-refractivity contribution < 1.29 is 4.79 Å². The van der Waals surface area contributed by atoms with Crippen molar-refractivity contribution in [1.82, 2.24) is 0 Å². The van der Waals surface area contributed by atoms with Crippen LogP contribution in [0.1, 0.15) is 12.5 Å². The lowest BCUT2D eigenvalue weighted by Gasteiger charge is -1.99. The Balaban J connectivity index is 2.90. The second-order valence-electron chi connectivity index (χ2n) is 2.81. The Morgan fingerprint density at radius 1 is 1.36 bits per heavy atom. The van der Waals surface area contributed by atoms with E-state index in [9.17, 15) is 4.79 Å². The van der Waals surface area contributed by atoms with Crippen molar-refractivity contribution in [3.63, 3.8) is 0 Å². The number of nitrogens with zero attached hydrogens (tertiary/aromatic N) is 1. The Morgan fingerprint density at radius 2 is 2.00 bits per heavy atom. The highest BCUT2D eigenvalue weighted by molar-refractivity contribution is 5.98. The van der Waals surface area contributed by atoms with Gasteiger partial charge in [0.1, 0.15) is 12.1 Å². The molecule has 0 aromatic heterocycles. The first-order valence-electron chi connectivity index (χ1n) is 4.25. The first-order valence-corrected chi connectivity index (χ1v) is 4.25. The van der Waals surface area contributed by atoms with Gasteiger partial charge >= 0.3 is 0 Å². The summed E-state index contributed by atoms with van der Waals surface area (Å²) in [4.78, 5) is 14.2. The lowest BCUT2D eigenvalue weighted by molar-refractivity contribution is -0.104. The normalized spacial score (nSPS) is 12.6. The molecule has 14 heavy (non-hydrogen) atoms. The SMILES string of the molecule is C/C(=C\C=O)N=C(N)c1ccccc1. The van der Waals surface area contributed by atoms with E-state index in [0.717, 1.165) is 5.56 Å². The fourth-order valence-corrected chi connectivity index (χ4v) is 0.999. The zero-order valence-electron chi connectivity index (χ0n) is 7.97. The molecule has 2 N–H and O–H groups in total. The van der Waals surface area contributed by atoms with Gasteiger partial charge in [0.2, 0.25) is 0 Å². The van der Waals surface area contributed by atoms with Crippen molar-refractivity contribution in [1.29, 1.82) is 0 Å². The van der Waals surface area contributed by atoms with Crippen molar-refractivity contribution in [3.8, 4) is 0 Å². The molecule has 1 aromatic rings. The summed E-state index contributed by atoms with van der Waals surface area (Å²) in [6.07, 6.45) is 2.06. The van der Waals surface area contributed by atoms with E-state index in [-0.39, 0.29) is 0 Å². The molecule has 0 radical (unpaired) electrons. The molecule has 0 atom stereocenters. The van der Waals surface area contributed by atoms with E-state index in [2.05, 4.69) is 4.99 Å². The van der Waals surface area contributed by atoms with Crippen molar-refractivity contribution in [3.05, 3.63) is 47.7 Å². The van der Waals surface area contributed by atoms with E-state index in [0.29, 0.717) is 17.8 Å². The molecule has 0 fully saturated rings. The lowest BCUT2D eigenvalue weighted by atomic mass is 10.2. The fraction of sp³-hybridized carbons (Fsp3) is 0.0909. The van der Waals surface area contributed by atoms with Crippen molar-refractivity contribution in [2.75, 3.05) is 0 Å². The highest BCUT2D eigenvalue weighted by atomic mass is 16.1. The Kier molecular flexibility index (Phi) is 3.61. The molecular formula is C11H12N2O. The van der Waals surface area contributed by atoms with E-state index in [1.807, 2.05) is 30.3 Å². The number of hydrogen-bond acceptors (Lipinski definition) is 2. The van der Waals surface area contributed by atoms with E-state index < -0.39 is 0 Å². The third-order valence-corrected chi connectivity index (χ3v) is 1.68. The maximum absolute atomic E-state index is 10.1. The van der Waals surface area contributed by atoms with E-state index >= 15 is 0 Å². The molecule has 0 spiro atoms. The molecule has 0 bridgehead atoms. The topological polar surface area (TPSA) is 55.5 Å². The number of amidine groups is 1. The van der Waals surface area contributed by atoms with Gasteiger partial charge in [-0.3, -0.25) is 4.79 Å². The number of benzene rings is 1. The van der Waals surface area contributed by atoms with Crippen molar-refractivity contribution >= 4 is 12.1 Å². The number of hydrogen-bond donors (Lipinski definition) is 1. The second-order valence-corrected chi connectivity index (χ2v) is 2.81. The van der Waals surface area contributed by atoms with Gasteiger partial charge in [-0.25, -0.2) is 4.99 Å². The predicted octanol–water partition coefficient (Wildman–Crippen LogP) is 1.49. The summed E-state index contributed by atoms with van der Waals surface area (Å²) in [6.45, 7) is 1.73. The minimum Gasteiger partial charge on any atom is -0.383 e. The molecule has 0 saturated carbocycles. The average Bonchev–Trinajstić information content (AvgIpc) is 2.19. The van der Waals surface area contributed by atoms with Gasteiger partial charge in [0.15, 0.2) is 0 Å². The van der Waals surface area contributed by atoms with Crippen LogP contribution in [-0.2, 0) is 4.79 Å². The van der Waals surface area contributed by atoms with Gasteiger partial charge in [0.25, 0.3) is 0 Å². The van der Waals surface area contributed by atoms with Gasteiger partial charge in [-0.2, -0.15) is 0 Å². The molecule has 0 amide bonds. The molecule has 0 aliphatic carbocycles. The minimum atomic E-state index is 0.418. The number of rotatable bonds is 3. The van der Waals surface area contributed by atoms with Gasteiger partial charge in [0.05, 0.1) is 0 Å². The molecular weight excluding hydrogens is 176 g/mol. The summed E-state index contributed by atoms with van der Waals surface area (Å²) in [5.41, 5.74) is 7.17. The summed E-state index contributed by atoms with van der Waals surface area (Å²) in [6, 6.07) is 9.41. The molecule has 1 rings (SSSR count). The molecule has 3 nitrogen and oxygen atoms in total. The van der Waals surface area contributed by atoms with Crippen LogP contribution in [0.3, 0.4) is 0 Å². The Morgan fingerprint density at radius 3 is 2.57 bits per heavy atom. The molecule has 0 saturated heterocycles. The Labute approximate surface area is 83.0 Å². The largest absolute Gasteiger partial charge is 0.383 e. The third kappa shape index (κ3) is 2.86. The summed E-state index contributed by atoms with van der Waals surface area (Å²) < 4.78 is 0. The average molecular weight is 188 g/mol. The van der Waals surface area contributed by atoms with Crippen LogP contribution < -0.4 is 5.73 Å². The first kappa shape index (κ1) is 10.2. The maximum Gasteiger partial charge on any atom is 0.144 e. The number of allylic oxidation sites excluding steroid dienone is 2. The number of nitrogens with two attached hydrogens (primary N) is 1. The lowest BCUT2D eigenvalue weighted by Crippen LogP contribution is -2.12. The minimum absolute atomic E-state index is 0.418. The summed E-state index contributed by atoms with van der Waals surface area (Å²) >= 11 is 0. The Bertz CT molecular complexity index is 366. The van der Waals surface area contributed by atoms with Gasteiger partial charge < -0.3 is 5.73 Å².